The number of aromatic nitrogens is 2. The number of carbonyl (C=O) groups excluding carboxylic acids is 2. The van der Waals surface area contributed by atoms with E-state index in [1.165, 1.54) is 11.8 Å². The third-order valence-corrected chi connectivity index (χ3v) is 5.28. The van der Waals surface area contributed by atoms with Crippen LogP contribution in [0.3, 0.4) is 0 Å². The smallest absolute Gasteiger partial charge is 0.291 e. The lowest BCUT2D eigenvalue weighted by Gasteiger charge is -2.06. The molecule has 35 heavy (non-hydrogen) atoms. The molecule has 9 heteroatoms. The minimum absolute atomic E-state index is 0.105. The van der Waals surface area contributed by atoms with Gasteiger partial charge in [0.2, 0.25) is 0 Å². The first-order chi connectivity index (χ1) is 17.1. The maximum Gasteiger partial charge on any atom is 0.291 e. The van der Waals surface area contributed by atoms with Crippen LogP contribution in [0.1, 0.15) is 58.4 Å². The largest absolute Gasteiger partial charge is 0.486 e. The van der Waals surface area contributed by atoms with E-state index in [2.05, 4.69) is 22.7 Å². The van der Waals surface area contributed by atoms with Gasteiger partial charge in [-0.05, 0) is 55.3 Å². The number of furan rings is 2. The fourth-order valence-corrected chi connectivity index (χ4v) is 3.46. The number of rotatable bonds is 11. The van der Waals surface area contributed by atoms with E-state index >= 15 is 0 Å². The Bertz CT molecular complexity index is 1260. The van der Waals surface area contributed by atoms with E-state index in [9.17, 15) is 9.59 Å². The number of ether oxygens (including phenoxy) is 1. The van der Waals surface area contributed by atoms with Crippen molar-refractivity contribution in [1.29, 1.82) is 0 Å². The van der Waals surface area contributed by atoms with Crippen LogP contribution in [-0.2, 0) is 26.1 Å². The number of anilines is 1. The molecular formula is C26H28N4O5. The molecule has 3 aromatic heterocycles. The molecule has 9 nitrogen and oxygen atoms in total. The standard InChI is InChI=1S/C26H28N4O5/c1-3-6-18-8-10-19(11-9-18)34-17-21-12-13-23(35-21)25(31)28-22-16-30(4-2)29-24(22)26(32)27-15-20-7-5-14-33-20/h5,7-14,16H,3-4,6,15,17H2,1-2H3,(H,27,32)(H,28,31). The van der Waals surface area contributed by atoms with Gasteiger partial charge in [-0.15, -0.1) is 0 Å². The van der Waals surface area contributed by atoms with Crippen molar-refractivity contribution in [2.75, 3.05) is 5.32 Å². The first kappa shape index (κ1) is 23.9. The summed E-state index contributed by atoms with van der Waals surface area (Å²) in [7, 11) is 0. The molecule has 0 aliphatic rings. The molecule has 4 aromatic rings. The highest BCUT2D eigenvalue weighted by atomic mass is 16.5. The first-order valence-corrected chi connectivity index (χ1v) is 11.6. The highest BCUT2D eigenvalue weighted by molar-refractivity contribution is 6.07. The van der Waals surface area contributed by atoms with Gasteiger partial charge >= 0.3 is 0 Å². The number of benzene rings is 1. The van der Waals surface area contributed by atoms with Crippen LogP contribution in [0.2, 0.25) is 0 Å². The Morgan fingerprint density at radius 1 is 1.03 bits per heavy atom. The average molecular weight is 477 g/mol. The number of nitrogens with one attached hydrogen (secondary N) is 2. The lowest BCUT2D eigenvalue weighted by atomic mass is 10.1. The Kier molecular flexibility index (Phi) is 7.67. The van der Waals surface area contributed by atoms with Gasteiger partial charge in [0.05, 0.1) is 18.5 Å². The summed E-state index contributed by atoms with van der Waals surface area (Å²) in [6, 6.07) is 14.7. The van der Waals surface area contributed by atoms with Crippen LogP contribution in [0, 0.1) is 0 Å². The maximum absolute atomic E-state index is 12.8. The monoisotopic (exact) mass is 476 g/mol. The molecule has 4 rings (SSSR count). The molecule has 0 fully saturated rings. The van der Waals surface area contributed by atoms with Crippen molar-refractivity contribution in [3.05, 3.63) is 89.5 Å². The van der Waals surface area contributed by atoms with Crippen molar-refractivity contribution in [1.82, 2.24) is 15.1 Å². The molecule has 0 aliphatic carbocycles. The number of aryl methyl sites for hydroxylation is 2. The van der Waals surface area contributed by atoms with Crippen LogP contribution in [0.15, 0.2) is 69.8 Å². The molecule has 0 radical (unpaired) electrons. The Morgan fingerprint density at radius 3 is 2.57 bits per heavy atom. The second-order valence-corrected chi connectivity index (χ2v) is 7.91. The van der Waals surface area contributed by atoms with Crippen LogP contribution >= 0.6 is 0 Å². The normalized spacial score (nSPS) is 10.8. The van der Waals surface area contributed by atoms with Crippen molar-refractivity contribution in [3.63, 3.8) is 0 Å². The van der Waals surface area contributed by atoms with Crippen LogP contribution in [0.4, 0.5) is 5.69 Å². The highest BCUT2D eigenvalue weighted by Gasteiger charge is 2.21. The molecule has 3 heterocycles. The summed E-state index contributed by atoms with van der Waals surface area (Å²) in [5, 5.41) is 9.73. The second kappa shape index (κ2) is 11.2. The van der Waals surface area contributed by atoms with Crippen LogP contribution in [-0.4, -0.2) is 21.6 Å². The van der Waals surface area contributed by atoms with E-state index in [1.54, 1.807) is 35.1 Å². The van der Waals surface area contributed by atoms with Crippen LogP contribution in [0.25, 0.3) is 0 Å². The molecule has 0 aliphatic heterocycles. The van der Waals surface area contributed by atoms with E-state index in [1.807, 2.05) is 31.2 Å². The first-order valence-electron chi connectivity index (χ1n) is 11.6. The number of hydrogen-bond donors (Lipinski definition) is 2. The molecular weight excluding hydrogens is 448 g/mol. The minimum atomic E-state index is -0.490. The molecule has 0 spiro atoms. The molecule has 2 amide bonds. The fourth-order valence-electron chi connectivity index (χ4n) is 3.46. The van der Waals surface area contributed by atoms with Crippen molar-refractivity contribution in [2.24, 2.45) is 0 Å². The van der Waals surface area contributed by atoms with Crippen LogP contribution < -0.4 is 15.4 Å². The zero-order valence-corrected chi connectivity index (χ0v) is 19.7. The molecule has 1 aromatic carbocycles. The van der Waals surface area contributed by atoms with E-state index in [0.717, 1.165) is 18.6 Å². The van der Waals surface area contributed by atoms with Crippen molar-refractivity contribution < 1.29 is 23.2 Å². The van der Waals surface area contributed by atoms with E-state index in [4.69, 9.17) is 13.6 Å². The summed E-state index contributed by atoms with van der Waals surface area (Å²) in [6.45, 7) is 4.97. The molecule has 182 valence electrons. The average Bonchev–Trinajstić information content (AvgIpc) is 3.63. The predicted molar refractivity (Wildman–Crippen MR) is 129 cm³/mol. The number of carbonyl (C=O) groups is 2. The van der Waals surface area contributed by atoms with Gasteiger partial charge in [0.15, 0.2) is 11.5 Å². The lowest BCUT2D eigenvalue weighted by Crippen LogP contribution is -2.25. The Hall–Kier alpha value is -4.27. The van der Waals surface area contributed by atoms with E-state index in [0.29, 0.717) is 18.1 Å². The molecule has 0 unspecified atom stereocenters. The lowest BCUT2D eigenvalue weighted by molar-refractivity contribution is 0.0943. The predicted octanol–water partition coefficient (Wildman–Crippen LogP) is 4.80. The topological polar surface area (TPSA) is 112 Å². The van der Waals surface area contributed by atoms with Crippen molar-refractivity contribution in [3.8, 4) is 5.75 Å². The quantitative estimate of drug-likeness (QED) is 0.322. The van der Waals surface area contributed by atoms with Crippen LogP contribution in [0.5, 0.6) is 5.75 Å². The minimum Gasteiger partial charge on any atom is -0.486 e. The van der Waals surface area contributed by atoms with E-state index < -0.39 is 11.8 Å². The molecule has 2 N–H and O–H groups in total. The van der Waals surface area contributed by atoms with Gasteiger partial charge in [0.1, 0.15) is 23.9 Å². The third kappa shape index (κ3) is 6.20. The number of nitrogens with zero attached hydrogens (tertiary/aromatic N) is 2. The summed E-state index contributed by atoms with van der Waals surface area (Å²) in [5.41, 5.74) is 1.65. The summed E-state index contributed by atoms with van der Waals surface area (Å²) < 4.78 is 18.2. The van der Waals surface area contributed by atoms with Crippen molar-refractivity contribution >= 4 is 17.5 Å². The van der Waals surface area contributed by atoms with E-state index in [-0.39, 0.29) is 30.3 Å². The fraction of sp³-hybridized carbons (Fsp3) is 0.269. The molecule has 0 saturated carbocycles. The van der Waals surface area contributed by atoms with Gasteiger partial charge in [-0.1, -0.05) is 25.5 Å². The van der Waals surface area contributed by atoms with Gasteiger partial charge in [0, 0.05) is 12.7 Å². The third-order valence-electron chi connectivity index (χ3n) is 5.28. The van der Waals surface area contributed by atoms with Gasteiger partial charge in [-0.25, -0.2) is 0 Å². The summed E-state index contributed by atoms with van der Waals surface area (Å²) >= 11 is 0. The maximum atomic E-state index is 12.8. The molecule has 0 saturated heterocycles. The highest BCUT2D eigenvalue weighted by Crippen LogP contribution is 2.19. The zero-order chi connectivity index (χ0) is 24.6. The van der Waals surface area contributed by atoms with Gasteiger partial charge in [-0.3, -0.25) is 14.3 Å². The zero-order valence-electron chi connectivity index (χ0n) is 19.7. The summed E-state index contributed by atoms with van der Waals surface area (Å²) in [6.07, 6.45) is 5.26. The molecule has 0 atom stereocenters. The number of hydrogen-bond acceptors (Lipinski definition) is 6. The van der Waals surface area contributed by atoms with Gasteiger partial charge < -0.3 is 24.2 Å². The SMILES string of the molecule is CCCc1ccc(OCc2ccc(C(=O)Nc3cn(CC)nc3C(=O)NCc3ccco3)o2)cc1. The number of amides is 2. The summed E-state index contributed by atoms with van der Waals surface area (Å²) in [5.74, 6) is 1.03. The van der Waals surface area contributed by atoms with Crippen molar-refractivity contribution in [2.45, 2.75) is 46.4 Å². The second-order valence-electron chi connectivity index (χ2n) is 7.91. The van der Waals surface area contributed by atoms with Gasteiger partial charge in [0.25, 0.3) is 11.8 Å². The Labute approximate surface area is 203 Å². The van der Waals surface area contributed by atoms with Gasteiger partial charge in [-0.2, -0.15) is 5.10 Å². The summed E-state index contributed by atoms with van der Waals surface area (Å²) in [4.78, 5) is 25.5. The Morgan fingerprint density at radius 2 is 1.86 bits per heavy atom. The molecule has 0 bridgehead atoms. The Balaban J connectivity index is 1.37.